The van der Waals surface area contributed by atoms with Crippen LogP contribution in [0.3, 0.4) is 0 Å². The highest BCUT2D eigenvalue weighted by Crippen LogP contribution is 2.36. The summed E-state index contributed by atoms with van der Waals surface area (Å²) in [5.74, 6) is -0.758. The van der Waals surface area contributed by atoms with E-state index in [-0.39, 0.29) is 16.9 Å². The molecule has 0 saturated carbocycles. The van der Waals surface area contributed by atoms with Gasteiger partial charge in [-0.2, -0.15) is 0 Å². The van der Waals surface area contributed by atoms with E-state index in [2.05, 4.69) is 27.7 Å². The Labute approximate surface area is 280 Å². The van der Waals surface area contributed by atoms with Crippen molar-refractivity contribution < 1.29 is 30.0 Å². The van der Waals surface area contributed by atoms with Crippen molar-refractivity contribution in [3.05, 3.63) is 59.7 Å². The maximum Gasteiger partial charge on any atom is 0.303 e. The lowest BCUT2D eigenvalue weighted by atomic mass is 9.74. The van der Waals surface area contributed by atoms with Crippen molar-refractivity contribution in [2.75, 3.05) is 0 Å². The number of unbranched alkanes of at least 4 members (excludes halogenated alkanes) is 16. The topological polar surface area (TPSA) is 115 Å². The lowest BCUT2D eigenvalue weighted by Crippen LogP contribution is -2.22. The summed E-state index contributed by atoms with van der Waals surface area (Å²) < 4.78 is 0. The van der Waals surface area contributed by atoms with Crippen LogP contribution in [0.15, 0.2) is 48.5 Å². The standard InChI is InChI=1S/C16H18O2.2C12H24O2/c1-3-16(2,12-4-8-14(17)9-5-12)13-6-10-15(18)11-7-13;2*1-2-3-4-5-6-7-8-9-10-11-12(13)14/h4-11,17-18H,3H2,1-2H3;2*2-11H2,1H3,(H,13,14). The number of hydrogen-bond donors (Lipinski definition) is 4. The van der Waals surface area contributed by atoms with Gasteiger partial charge in [-0.25, -0.2) is 0 Å². The fourth-order valence-electron chi connectivity index (χ4n) is 5.41. The Bertz CT molecular complexity index is 922. The minimum atomic E-state index is -0.659. The molecule has 0 heterocycles. The summed E-state index contributed by atoms with van der Waals surface area (Å²) in [6.07, 6.45) is 23.9. The third kappa shape index (κ3) is 22.5. The lowest BCUT2D eigenvalue weighted by Gasteiger charge is -2.29. The maximum atomic E-state index is 10.2. The van der Waals surface area contributed by atoms with E-state index in [0.717, 1.165) is 43.2 Å². The van der Waals surface area contributed by atoms with Gasteiger partial charge in [0.1, 0.15) is 11.5 Å². The molecule has 2 rings (SSSR count). The van der Waals surface area contributed by atoms with E-state index in [1.54, 1.807) is 24.3 Å². The van der Waals surface area contributed by atoms with Gasteiger partial charge in [0, 0.05) is 18.3 Å². The van der Waals surface area contributed by atoms with E-state index in [9.17, 15) is 19.8 Å². The molecule has 0 unspecified atom stereocenters. The van der Waals surface area contributed by atoms with Crippen molar-refractivity contribution in [1.29, 1.82) is 0 Å². The zero-order chi connectivity index (χ0) is 34.5. The summed E-state index contributed by atoms with van der Waals surface area (Å²) in [5.41, 5.74) is 2.21. The molecule has 0 aliphatic carbocycles. The van der Waals surface area contributed by atoms with Gasteiger partial charge in [0.25, 0.3) is 0 Å². The van der Waals surface area contributed by atoms with Gasteiger partial charge >= 0.3 is 11.9 Å². The molecule has 2 aromatic carbocycles. The highest BCUT2D eigenvalue weighted by atomic mass is 16.4. The van der Waals surface area contributed by atoms with E-state index < -0.39 is 11.9 Å². The van der Waals surface area contributed by atoms with Crippen molar-refractivity contribution >= 4 is 11.9 Å². The van der Waals surface area contributed by atoms with Crippen LogP contribution in [0.2, 0.25) is 0 Å². The van der Waals surface area contributed by atoms with Gasteiger partial charge in [-0.05, 0) is 54.7 Å². The van der Waals surface area contributed by atoms with Gasteiger partial charge in [0.05, 0.1) is 0 Å². The maximum absolute atomic E-state index is 10.2. The second kappa shape index (κ2) is 28.2. The van der Waals surface area contributed by atoms with Crippen molar-refractivity contribution in [3.8, 4) is 11.5 Å². The van der Waals surface area contributed by atoms with Gasteiger partial charge in [0.2, 0.25) is 0 Å². The van der Waals surface area contributed by atoms with Crippen molar-refractivity contribution in [3.63, 3.8) is 0 Å². The summed E-state index contributed by atoms with van der Waals surface area (Å²) in [7, 11) is 0. The van der Waals surface area contributed by atoms with Crippen LogP contribution in [0.4, 0.5) is 0 Å². The lowest BCUT2D eigenvalue weighted by molar-refractivity contribution is -0.138. The number of aromatic hydroxyl groups is 2. The van der Waals surface area contributed by atoms with Gasteiger partial charge < -0.3 is 20.4 Å². The monoisotopic (exact) mass is 642 g/mol. The van der Waals surface area contributed by atoms with Crippen LogP contribution >= 0.6 is 0 Å². The van der Waals surface area contributed by atoms with Crippen LogP contribution in [0.5, 0.6) is 11.5 Å². The van der Waals surface area contributed by atoms with Gasteiger partial charge in [0.15, 0.2) is 0 Å². The first kappa shape index (κ1) is 43.0. The first-order chi connectivity index (χ1) is 22.1. The van der Waals surface area contributed by atoms with Gasteiger partial charge in [-0.1, -0.05) is 155 Å². The molecular weight excluding hydrogens is 576 g/mol. The predicted molar refractivity (Wildman–Crippen MR) is 192 cm³/mol. The highest BCUT2D eigenvalue weighted by molar-refractivity contribution is 5.66. The second-order valence-electron chi connectivity index (χ2n) is 12.7. The Morgan fingerprint density at radius 2 is 0.739 bits per heavy atom. The van der Waals surface area contributed by atoms with E-state index in [4.69, 9.17) is 10.2 Å². The molecule has 0 bridgehead atoms. The molecule has 0 atom stereocenters. The Balaban J connectivity index is 0.000000671. The van der Waals surface area contributed by atoms with E-state index >= 15 is 0 Å². The predicted octanol–water partition coefficient (Wildman–Crippen LogP) is 11.8. The summed E-state index contributed by atoms with van der Waals surface area (Å²) in [5, 5.41) is 35.6. The Morgan fingerprint density at radius 1 is 0.478 bits per heavy atom. The van der Waals surface area contributed by atoms with E-state index in [1.165, 1.54) is 89.9 Å². The number of benzene rings is 2. The largest absolute Gasteiger partial charge is 0.508 e. The van der Waals surface area contributed by atoms with Crippen molar-refractivity contribution in [2.45, 2.75) is 168 Å². The summed E-state index contributed by atoms with van der Waals surface area (Å²) in [6, 6.07) is 14.6. The highest BCUT2D eigenvalue weighted by Gasteiger charge is 2.26. The summed E-state index contributed by atoms with van der Waals surface area (Å²) in [4.78, 5) is 20.4. The Kier molecular flexibility index (Phi) is 26.4. The third-order valence-corrected chi connectivity index (χ3v) is 8.70. The SMILES string of the molecule is CCC(C)(c1ccc(O)cc1)c1ccc(O)cc1.CCCCCCCCCCCC(=O)O.CCCCCCCCCCCC(=O)O. The first-order valence-electron chi connectivity index (χ1n) is 18.1. The number of rotatable bonds is 23. The molecule has 0 aliphatic heterocycles. The Hall–Kier alpha value is -3.02. The number of carboxylic acid groups (broad SMARTS) is 2. The first-order valence-corrected chi connectivity index (χ1v) is 18.1. The van der Waals surface area contributed by atoms with Gasteiger partial charge in [-0.15, -0.1) is 0 Å². The molecule has 262 valence electrons. The van der Waals surface area contributed by atoms with Crippen LogP contribution in [-0.2, 0) is 15.0 Å². The molecule has 4 N–H and O–H groups in total. The number of carboxylic acids is 2. The molecule has 0 radical (unpaired) electrons. The average molecular weight is 643 g/mol. The van der Waals surface area contributed by atoms with Crippen LogP contribution in [0.25, 0.3) is 0 Å². The summed E-state index contributed by atoms with van der Waals surface area (Å²) >= 11 is 0. The van der Waals surface area contributed by atoms with Crippen LogP contribution in [0, 0.1) is 0 Å². The number of aliphatic carboxylic acids is 2. The van der Waals surface area contributed by atoms with Crippen LogP contribution in [0.1, 0.15) is 174 Å². The molecule has 0 fully saturated rings. The van der Waals surface area contributed by atoms with Crippen molar-refractivity contribution in [2.24, 2.45) is 0 Å². The quantitative estimate of drug-likeness (QED) is 0.0896. The number of phenolic OH excluding ortho intramolecular Hbond substituents is 2. The number of carbonyl (C=O) groups is 2. The molecule has 2 aromatic rings. The number of phenols is 2. The second-order valence-corrected chi connectivity index (χ2v) is 12.7. The normalized spacial score (nSPS) is 10.8. The van der Waals surface area contributed by atoms with E-state index in [0.29, 0.717) is 12.8 Å². The smallest absolute Gasteiger partial charge is 0.303 e. The molecule has 0 aromatic heterocycles. The van der Waals surface area contributed by atoms with E-state index in [1.807, 2.05) is 24.3 Å². The molecule has 46 heavy (non-hydrogen) atoms. The van der Waals surface area contributed by atoms with Crippen LogP contribution in [-0.4, -0.2) is 32.4 Å². The fraction of sp³-hybridized carbons (Fsp3) is 0.650. The minimum Gasteiger partial charge on any atom is -0.508 e. The fourth-order valence-corrected chi connectivity index (χ4v) is 5.41. The van der Waals surface area contributed by atoms with Crippen molar-refractivity contribution in [1.82, 2.24) is 0 Å². The zero-order valence-corrected chi connectivity index (χ0v) is 29.6. The summed E-state index contributed by atoms with van der Waals surface area (Å²) in [6.45, 7) is 8.77. The zero-order valence-electron chi connectivity index (χ0n) is 29.6. The van der Waals surface area contributed by atoms with Gasteiger partial charge in [-0.3, -0.25) is 9.59 Å². The molecule has 0 aliphatic rings. The molecule has 6 heteroatoms. The number of hydrogen-bond acceptors (Lipinski definition) is 4. The molecule has 0 saturated heterocycles. The molecule has 6 nitrogen and oxygen atoms in total. The third-order valence-electron chi connectivity index (χ3n) is 8.70. The Morgan fingerprint density at radius 3 is 0.978 bits per heavy atom. The van der Waals surface area contributed by atoms with Crippen LogP contribution < -0.4 is 0 Å². The molecule has 0 amide bonds. The molecular formula is C40H66O6. The average Bonchev–Trinajstić information content (AvgIpc) is 3.04. The molecule has 0 spiro atoms. The minimum absolute atomic E-state index is 0.110.